The number of para-hydroxylation sites is 2. The number of fused-ring (bicyclic) bond motifs is 1. The third-order valence-electron chi connectivity index (χ3n) is 2.14. The topological polar surface area (TPSA) is 86.9 Å². The predicted octanol–water partition coefficient (Wildman–Crippen LogP) is 0.117. The van der Waals surface area contributed by atoms with Crippen molar-refractivity contribution in [3.63, 3.8) is 0 Å². The average molecular weight is 240 g/mol. The standard InChI is InChI=1S/C9H12N4O2S/c1-10-16(14,15)11-6-9-12-7-4-2-3-5-8(7)13-9/h2-5,10-11H,6H2,1H3,(H,12,13). The fourth-order valence-corrected chi connectivity index (χ4v) is 1.80. The molecule has 0 saturated heterocycles. The summed E-state index contributed by atoms with van der Waals surface area (Å²) in [4.78, 5) is 7.27. The molecule has 7 heteroatoms. The predicted molar refractivity (Wildman–Crippen MR) is 60.9 cm³/mol. The van der Waals surface area contributed by atoms with Crippen LogP contribution in [0.5, 0.6) is 0 Å². The number of benzene rings is 1. The normalized spacial score (nSPS) is 12.1. The summed E-state index contributed by atoms with van der Waals surface area (Å²) in [6, 6.07) is 7.52. The van der Waals surface area contributed by atoms with E-state index >= 15 is 0 Å². The number of aromatic nitrogens is 2. The number of nitrogens with one attached hydrogen (secondary N) is 3. The molecule has 1 aromatic carbocycles. The summed E-state index contributed by atoms with van der Waals surface area (Å²) >= 11 is 0. The van der Waals surface area contributed by atoms with E-state index in [1.807, 2.05) is 24.3 Å². The molecule has 0 radical (unpaired) electrons. The molecule has 1 heterocycles. The minimum atomic E-state index is -3.42. The Hall–Kier alpha value is -1.44. The Morgan fingerprint density at radius 2 is 2.12 bits per heavy atom. The van der Waals surface area contributed by atoms with Gasteiger partial charge in [-0.3, -0.25) is 0 Å². The summed E-state index contributed by atoms with van der Waals surface area (Å²) in [6.07, 6.45) is 0. The van der Waals surface area contributed by atoms with Gasteiger partial charge in [-0.05, 0) is 12.1 Å². The summed E-state index contributed by atoms with van der Waals surface area (Å²) in [5, 5.41) is 0. The van der Waals surface area contributed by atoms with Crippen LogP contribution in [-0.4, -0.2) is 25.4 Å². The van der Waals surface area contributed by atoms with Crippen LogP contribution in [0, 0.1) is 0 Å². The number of hydrogen-bond donors (Lipinski definition) is 3. The monoisotopic (exact) mass is 240 g/mol. The molecule has 16 heavy (non-hydrogen) atoms. The molecule has 0 fully saturated rings. The van der Waals surface area contributed by atoms with Crippen LogP contribution < -0.4 is 9.44 Å². The highest BCUT2D eigenvalue weighted by Crippen LogP contribution is 2.09. The molecule has 0 aliphatic heterocycles. The minimum Gasteiger partial charge on any atom is -0.341 e. The maximum Gasteiger partial charge on any atom is 0.277 e. The van der Waals surface area contributed by atoms with Gasteiger partial charge in [-0.2, -0.15) is 13.1 Å². The van der Waals surface area contributed by atoms with Gasteiger partial charge < -0.3 is 4.98 Å². The zero-order valence-corrected chi connectivity index (χ0v) is 9.50. The number of hydrogen-bond acceptors (Lipinski definition) is 3. The Balaban J connectivity index is 2.16. The van der Waals surface area contributed by atoms with E-state index in [1.54, 1.807) is 0 Å². The molecule has 0 aliphatic rings. The van der Waals surface area contributed by atoms with Crippen molar-refractivity contribution in [2.45, 2.75) is 6.54 Å². The average Bonchev–Trinajstić information content (AvgIpc) is 2.69. The lowest BCUT2D eigenvalue weighted by Crippen LogP contribution is -2.33. The van der Waals surface area contributed by atoms with Crippen LogP contribution in [0.25, 0.3) is 11.0 Å². The first-order chi connectivity index (χ1) is 7.61. The van der Waals surface area contributed by atoms with Gasteiger partial charge in [-0.25, -0.2) is 9.71 Å². The van der Waals surface area contributed by atoms with Gasteiger partial charge in [0.2, 0.25) is 0 Å². The van der Waals surface area contributed by atoms with E-state index in [-0.39, 0.29) is 6.54 Å². The Kier molecular flexibility index (Phi) is 2.90. The smallest absolute Gasteiger partial charge is 0.277 e. The molecule has 0 bridgehead atoms. The number of rotatable bonds is 4. The van der Waals surface area contributed by atoms with E-state index < -0.39 is 10.2 Å². The molecule has 86 valence electrons. The molecule has 3 N–H and O–H groups in total. The molecule has 0 unspecified atom stereocenters. The second-order valence-corrected chi connectivity index (χ2v) is 4.93. The molecule has 0 saturated carbocycles. The van der Waals surface area contributed by atoms with E-state index in [0.29, 0.717) is 5.82 Å². The van der Waals surface area contributed by atoms with Crippen LogP contribution in [0.4, 0.5) is 0 Å². The van der Waals surface area contributed by atoms with E-state index in [0.717, 1.165) is 11.0 Å². The quantitative estimate of drug-likeness (QED) is 0.709. The lowest BCUT2D eigenvalue weighted by Gasteiger charge is -2.01. The molecule has 1 aromatic heterocycles. The second kappa shape index (κ2) is 4.20. The van der Waals surface area contributed by atoms with Gasteiger partial charge in [0.25, 0.3) is 10.2 Å². The van der Waals surface area contributed by atoms with Crippen molar-refractivity contribution < 1.29 is 8.42 Å². The molecule has 6 nitrogen and oxygen atoms in total. The maximum absolute atomic E-state index is 11.1. The molecule has 0 atom stereocenters. The Morgan fingerprint density at radius 1 is 1.38 bits per heavy atom. The van der Waals surface area contributed by atoms with Crippen molar-refractivity contribution in [1.82, 2.24) is 19.4 Å². The summed E-state index contributed by atoms with van der Waals surface area (Å²) in [6.45, 7) is 0.137. The van der Waals surface area contributed by atoms with Crippen LogP contribution in [0.2, 0.25) is 0 Å². The van der Waals surface area contributed by atoms with Crippen molar-refractivity contribution in [1.29, 1.82) is 0 Å². The highest BCUT2D eigenvalue weighted by molar-refractivity contribution is 7.87. The van der Waals surface area contributed by atoms with Crippen LogP contribution in [0.3, 0.4) is 0 Å². The van der Waals surface area contributed by atoms with Gasteiger partial charge >= 0.3 is 0 Å². The maximum atomic E-state index is 11.1. The third-order valence-corrected chi connectivity index (χ3v) is 3.20. The highest BCUT2D eigenvalue weighted by Gasteiger charge is 2.07. The van der Waals surface area contributed by atoms with Gasteiger partial charge in [0.05, 0.1) is 17.6 Å². The number of aromatic amines is 1. The van der Waals surface area contributed by atoms with Crippen LogP contribution in [0.15, 0.2) is 24.3 Å². The first-order valence-corrected chi connectivity index (χ1v) is 6.21. The lowest BCUT2D eigenvalue weighted by atomic mass is 10.3. The van der Waals surface area contributed by atoms with Crippen LogP contribution >= 0.6 is 0 Å². The zero-order valence-electron chi connectivity index (χ0n) is 8.69. The van der Waals surface area contributed by atoms with E-state index in [1.165, 1.54) is 7.05 Å². The van der Waals surface area contributed by atoms with Gasteiger partial charge in [0.1, 0.15) is 5.82 Å². The van der Waals surface area contributed by atoms with Gasteiger partial charge in [-0.1, -0.05) is 12.1 Å². The number of H-pyrrole nitrogens is 1. The second-order valence-electron chi connectivity index (χ2n) is 3.23. The zero-order chi connectivity index (χ0) is 11.6. The van der Waals surface area contributed by atoms with Crippen molar-refractivity contribution in [3.8, 4) is 0 Å². The Bertz CT molecular complexity index is 557. The summed E-state index contributed by atoms with van der Waals surface area (Å²) in [5.41, 5.74) is 1.71. The van der Waals surface area contributed by atoms with Crippen molar-refractivity contribution >= 4 is 21.2 Å². The molecule has 2 rings (SSSR count). The van der Waals surface area contributed by atoms with Crippen molar-refractivity contribution in [2.24, 2.45) is 0 Å². The molecule has 0 aliphatic carbocycles. The first kappa shape index (κ1) is 11.1. The summed E-state index contributed by atoms with van der Waals surface area (Å²) in [7, 11) is -2.07. The number of imidazole rings is 1. The summed E-state index contributed by atoms with van der Waals surface area (Å²) in [5.74, 6) is 0.583. The SMILES string of the molecule is CNS(=O)(=O)NCc1nc2ccccc2[nH]1. The summed E-state index contributed by atoms with van der Waals surface area (Å²) < 4.78 is 26.8. The number of nitrogens with zero attached hydrogens (tertiary/aromatic N) is 1. The van der Waals surface area contributed by atoms with Crippen molar-refractivity contribution in [3.05, 3.63) is 30.1 Å². The largest absolute Gasteiger partial charge is 0.341 e. The Morgan fingerprint density at radius 3 is 2.81 bits per heavy atom. The van der Waals surface area contributed by atoms with Gasteiger partial charge in [0.15, 0.2) is 0 Å². The fraction of sp³-hybridized carbons (Fsp3) is 0.222. The fourth-order valence-electron chi connectivity index (χ4n) is 1.32. The third kappa shape index (κ3) is 2.38. The molecular weight excluding hydrogens is 228 g/mol. The first-order valence-electron chi connectivity index (χ1n) is 4.72. The van der Waals surface area contributed by atoms with E-state index in [9.17, 15) is 8.42 Å². The van der Waals surface area contributed by atoms with Gasteiger partial charge in [-0.15, -0.1) is 0 Å². The van der Waals surface area contributed by atoms with Gasteiger partial charge in [0, 0.05) is 7.05 Å². The highest BCUT2D eigenvalue weighted by atomic mass is 32.2. The minimum absolute atomic E-state index is 0.137. The van der Waals surface area contributed by atoms with E-state index in [2.05, 4.69) is 19.4 Å². The molecular formula is C9H12N4O2S. The molecule has 0 amide bonds. The van der Waals surface area contributed by atoms with Crippen molar-refractivity contribution in [2.75, 3.05) is 7.05 Å². The van der Waals surface area contributed by atoms with E-state index in [4.69, 9.17) is 0 Å². The Labute approximate surface area is 93.3 Å². The molecule has 0 spiro atoms. The van der Waals surface area contributed by atoms with Crippen LogP contribution in [-0.2, 0) is 16.8 Å². The molecule has 2 aromatic rings. The lowest BCUT2D eigenvalue weighted by molar-refractivity contribution is 0.571. The van der Waals surface area contributed by atoms with Crippen LogP contribution in [0.1, 0.15) is 5.82 Å².